The molecule has 0 spiro atoms. The molecule has 0 saturated carbocycles. The lowest BCUT2D eigenvalue weighted by atomic mass is 9.99. The highest BCUT2D eigenvalue weighted by Gasteiger charge is 2.08. The summed E-state index contributed by atoms with van der Waals surface area (Å²) in [5.74, 6) is 0.107. The number of allylic oxidation sites excluding steroid dienone is 4. The maximum Gasteiger partial charge on any atom is 0.120 e. The van der Waals surface area contributed by atoms with E-state index in [0.29, 0.717) is 11.6 Å². The Hall–Kier alpha value is -0.790. The second-order valence-electron chi connectivity index (χ2n) is 2.37. The van der Waals surface area contributed by atoms with E-state index in [1.54, 1.807) is 6.08 Å². The van der Waals surface area contributed by atoms with Crippen LogP contribution in [-0.4, -0.2) is 0 Å². The summed E-state index contributed by atoms with van der Waals surface area (Å²) in [6.07, 6.45) is 3.67. The number of halogens is 1. The van der Waals surface area contributed by atoms with Gasteiger partial charge in [-0.15, -0.1) is 0 Å². The van der Waals surface area contributed by atoms with Crippen LogP contribution in [0.1, 0.15) is 13.3 Å². The smallest absolute Gasteiger partial charge is 0.120 e. The van der Waals surface area contributed by atoms with Gasteiger partial charge in [0.25, 0.3) is 0 Å². The second-order valence-corrected chi connectivity index (χ2v) is 2.37. The normalized spacial score (nSPS) is 27.1. The van der Waals surface area contributed by atoms with Gasteiger partial charge in [-0.1, -0.05) is 6.92 Å². The molecule has 2 heteroatoms. The Labute approximate surface area is 54.0 Å². The number of hydrogen-bond acceptors (Lipinski definition) is 1. The average Bonchev–Trinajstić information content (AvgIpc) is 1.80. The molecule has 0 fully saturated rings. The monoisotopic (exact) mass is 127 g/mol. The Balaban J connectivity index is 2.74. The second kappa shape index (κ2) is 2.21. The van der Waals surface area contributed by atoms with Gasteiger partial charge < -0.3 is 5.73 Å². The van der Waals surface area contributed by atoms with E-state index in [-0.39, 0.29) is 5.83 Å². The average molecular weight is 127 g/mol. The van der Waals surface area contributed by atoms with E-state index in [0.717, 1.165) is 6.42 Å². The van der Waals surface area contributed by atoms with E-state index in [9.17, 15) is 4.39 Å². The summed E-state index contributed by atoms with van der Waals surface area (Å²) in [6, 6.07) is 0. The first-order valence-corrected chi connectivity index (χ1v) is 3.03. The van der Waals surface area contributed by atoms with Crippen LogP contribution in [0.3, 0.4) is 0 Å². The van der Waals surface area contributed by atoms with Crippen molar-refractivity contribution in [2.75, 3.05) is 0 Å². The third-order valence-electron chi connectivity index (χ3n) is 1.54. The minimum absolute atomic E-state index is 0.203. The van der Waals surface area contributed by atoms with Gasteiger partial charge in [0.05, 0.1) is 0 Å². The van der Waals surface area contributed by atoms with Crippen LogP contribution in [0.4, 0.5) is 4.39 Å². The molecule has 1 aliphatic carbocycles. The predicted molar refractivity (Wildman–Crippen MR) is 35.2 cm³/mol. The van der Waals surface area contributed by atoms with Crippen LogP contribution in [0.25, 0.3) is 0 Å². The number of rotatable bonds is 0. The van der Waals surface area contributed by atoms with E-state index < -0.39 is 0 Å². The quantitative estimate of drug-likeness (QED) is 0.526. The van der Waals surface area contributed by atoms with Crippen molar-refractivity contribution in [2.24, 2.45) is 11.7 Å². The van der Waals surface area contributed by atoms with Crippen molar-refractivity contribution in [3.8, 4) is 0 Å². The molecular formula is C7H10FN. The topological polar surface area (TPSA) is 26.0 Å². The van der Waals surface area contributed by atoms with Gasteiger partial charge in [-0.05, 0) is 24.5 Å². The number of hydrogen-bond donors (Lipinski definition) is 1. The molecule has 0 heterocycles. The molecule has 0 aromatic heterocycles. The Morgan fingerprint density at radius 3 is 2.89 bits per heavy atom. The van der Waals surface area contributed by atoms with Crippen molar-refractivity contribution in [1.82, 2.24) is 0 Å². The molecule has 0 radical (unpaired) electrons. The molecule has 0 amide bonds. The van der Waals surface area contributed by atoms with Crippen molar-refractivity contribution in [3.63, 3.8) is 0 Å². The lowest BCUT2D eigenvalue weighted by Gasteiger charge is -2.12. The van der Waals surface area contributed by atoms with Gasteiger partial charge in [0, 0.05) is 5.70 Å². The van der Waals surface area contributed by atoms with Crippen molar-refractivity contribution in [1.29, 1.82) is 0 Å². The van der Waals surface area contributed by atoms with Gasteiger partial charge in [-0.3, -0.25) is 0 Å². The molecule has 0 bridgehead atoms. The third-order valence-corrected chi connectivity index (χ3v) is 1.54. The predicted octanol–water partition coefficient (Wildman–Crippen LogP) is 1.72. The standard InChI is InChI=1S/C7H10FN/c1-5-2-3-6(8)4-7(5)9/h3-5H,2,9H2,1H3. The van der Waals surface area contributed by atoms with Crippen LogP contribution in [0.15, 0.2) is 23.7 Å². The summed E-state index contributed by atoms with van der Waals surface area (Å²) < 4.78 is 12.3. The summed E-state index contributed by atoms with van der Waals surface area (Å²) in [5.41, 5.74) is 6.10. The first kappa shape index (κ1) is 6.33. The van der Waals surface area contributed by atoms with Crippen LogP contribution < -0.4 is 5.73 Å². The molecule has 2 N–H and O–H groups in total. The minimum atomic E-state index is -0.203. The molecule has 1 nitrogen and oxygen atoms in total. The van der Waals surface area contributed by atoms with Gasteiger partial charge in [-0.2, -0.15) is 0 Å². The molecular weight excluding hydrogens is 117 g/mol. The maximum atomic E-state index is 12.3. The first-order valence-electron chi connectivity index (χ1n) is 3.03. The fourth-order valence-electron chi connectivity index (χ4n) is 0.786. The Bertz CT molecular complexity index is 170. The van der Waals surface area contributed by atoms with E-state index >= 15 is 0 Å². The van der Waals surface area contributed by atoms with Crippen LogP contribution >= 0.6 is 0 Å². The van der Waals surface area contributed by atoms with Crippen molar-refractivity contribution < 1.29 is 4.39 Å². The summed E-state index contributed by atoms with van der Waals surface area (Å²) in [6.45, 7) is 1.98. The van der Waals surface area contributed by atoms with Crippen LogP contribution in [-0.2, 0) is 0 Å². The summed E-state index contributed by atoms with van der Waals surface area (Å²) in [4.78, 5) is 0. The maximum absolute atomic E-state index is 12.3. The number of nitrogens with two attached hydrogens (primary N) is 1. The zero-order chi connectivity index (χ0) is 6.85. The first-order chi connectivity index (χ1) is 4.20. The SMILES string of the molecule is CC1CC=C(F)C=C1N. The van der Waals surface area contributed by atoms with Gasteiger partial charge in [0.15, 0.2) is 0 Å². The zero-order valence-electron chi connectivity index (χ0n) is 5.39. The van der Waals surface area contributed by atoms with E-state index in [4.69, 9.17) is 5.73 Å². The van der Waals surface area contributed by atoms with E-state index in [1.165, 1.54) is 6.08 Å². The minimum Gasteiger partial charge on any atom is -0.402 e. The molecule has 0 aromatic carbocycles. The highest BCUT2D eigenvalue weighted by Crippen LogP contribution is 2.19. The molecule has 0 saturated heterocycles. The summed E-state index contributed by atoms with van der Waals surface area (Å²) in [5, 5.41) is 0. The van der Waals surface area contributed by atoms with E-state index in [2.05, 4.69) is 0 Å². The Kier molecular flexibility index (Phi) is 1.56. The molecule has 1 atom stereocenters. The third kappa shape index (κ3) is 1.31. The Morgan fingerprint density at radius 2 is 2.44 bits per heavy atom. The molecule has 50 valence electrons. The fourth-order valence-corrected chi connectivity index (χ4v) is 0.786. The van der Waals surface area contributed by atoms with Crippen LogP contribution in [0.2, 0.25) is 0 Å². The molecule has 0 aromatic rings. The summed E-state index contributed by atoms with van der Waals surface area (Å²) in [7, 11) is 0. The molecule has 1 unspecified atom stereocenters. The van der Waals surface area contributed by atoms with Crippen molar-refractivity contribution in [2.45, 2.75) is 13.3 Å². The van der Waals surface area contributed by atoms with Gasteiger partial charge in [0.2, 0.25) is 0 Å². The molecule has 9 heavy (non-hydrogen) atoms. The highest BCUT2D eigenvalue weighted by molar-refractivity contribution is 5.22. The van der Waals surface area contributed by atoms with Crippen LogP contribution in [0.5, 0.6) is 0 Å². The van der Waals surface area contributed by atoms with E-state index in [1.807, 2.05) is 6.92 Å². The fraction of sp³-hybridized carbons (Fsp3) is 0.429. The summed E-state index contributed by atoms with van der Waals surface area (Å²) >= 11 is 0. The van der Waals surface area contributed by atoms with Crippen molar-refractivity contribution in [3.05, 3.63) is 23.7 Å². The van der Waals surface area contributed by atoms with Gasteiger partial charge in [0.1, 0.15) is 5.83 Å². The molecule has 0 aliphatic heterocycles. The van der Waals surface area contributed by atoms with Crippen LogP contribution in [0, 0.1) is 5.92 Å². The lowest BCUT2D eigenvalue weighted by molar-refractivity contribution is 0.601. The van der Waals surface area contributed by atoms with Crippen molar-refractivity contribution >= 4 is 0 Å². The molecule has 1 aliphatic rings. The highest BCUT2D eigenvalue weighted by atomic mass is 19.1. The Morgan fingerprint density at radius 1 is 1.78 bits per heavy atom. The zero-order valence-corrected chi connectivity index (χ0v) is 5.39. The molecule has 1 rings (SSSR count). The van der Waals surface area contributed by atoms with Gasteiger partial charge in [-0.25, -0.2) is 4.39 Å². The lowest BCUT2D eigenvalue weighted by Crippen LogP contribution is -2.10. The van der Waals surface area contributed by atoms with Gasteiger partial charge >= 0.3 is 0 Å². The largest absolute Gasteiger partial charge is 0.402 e.